The lowest BCUT2D eigenvalue weighted by molar-refractivity contribution is 0.0363. The highest BCUT2D eigenvalue weighted by Gasteiger charge is 2.40. The van der Waals surface area contributed by atoms with Crippen LogP contribution in [0.3, 0.4) is 0 Å². The molecule has 0 N–H and O–H groups in total. The summed E-state index contributed by atoms with van der Waals surface area (Å²) in [5.74, 6) is 0. The molecule has 0 saturated carbocycles. The first-order valence-electron chi connectivity index (χ1n) is 6.19. The minimum Gasteiger partial charge on any atom is -0.432 e. The van der Waals surface area contributed by atoms with Crippen LogP contribution in [0.1, 0.15) is 33.1 Å². The molecule has 0 radical (unpaired) electrons. The Hall–Kier alpha value is -1.54. The summed E-state index contributed by atoms with van der Waals surface area (Å²) in [7, 11) is 0. The van der Waals surface area contributed by atoms with Crippen molar-refractivity contribution in [1.82, 2.24) is 0 Å². The van der Waals surface area contributed by atoms with E-state index >= 15 is 0 Å². The van der Waals surface area contributed by atoms with E-state index in [4.69, 9.17) is 19.5 Å². The molecule has 2 bridgehead atoms. The van der Waals surface area contributed by atoms with Gasteiger partial charge in [-0.3, -0.25) is 0 Å². The summed E-state index contributed by atoms with van der Waals surface area (Å²) in [4.78, 5) is 11.3. The highest BCUT2D eigenvalue weighted by atomic mass is 16.7. The predicted octanol–water partition coefficient (Wildman–Crippen LogP) is 2.32. The molecule has 1 fully saturated rings. The fourth-order valence-corrected chi connectivity index (χ4v) is 2.42. The van der Waals surface area contributed by atoms with Gasteiger partial charge in [-0.25, -0.2) is 4.79 Å². The maximum Gasteiger partial charge on any atom is 0.508 e. The van der Waals surface area contributed by atoms with Gasteiger partial charge in [0.2, 0.25) is 0 Å². The Kier molecular flexibility index (Phi) is 3.87. The number of hydrogen-bond acceptors (Lipinski definition) is 5. The molecule has 18 heavy (non-hydrogen) atoms. The summed E-state index contributed by atoms with van der Waals surface area (Å²) >= 11 is 0. The number of carbonyl (C=O) groups excluding carboxylic acids is 1. The Morgan fingerprint density at radius 3 is 2.72 bits per heavy atom. The first kappa shape index (κ1) is 12.9. The first-order chi connectivity index (χ1) is 8.61. The van der Waals surface area contributed by atoms with E-state index in [2.05, 4.69) is 6.07 Å². The number of carbonyl (C=O) groups is 1. The second kappa shape index (κ2) is 5.40. The topological polar surface area (TPSA) is 68.5 Å². The van der Waals surface area contributed by atoms with Crippen LogP contribution in [-0.4, -0.2) is 31.1 Å². The van der Waals surface area contributed by atoms with Gasteiger partial charge in [-0.1, -0.05) is 0 Å². The molecule has 0 aliphatic carbocycles. The van der Waals surface area contributed by atoms with E-state index in [1.165, 1.54) is 0 Å². The largest absolute Gasteiger partial charge is 0.508 e. The molecule has 5 nitrogen and oxygen atoms in total. The highest BCUT2D eigenvalue weighted by molar-refractivity contribution is 5.60. The van der Waals surface area contributed by atoms with Crippen molar-refractivity contribution in [2.45, 2.75) is 51.4 Å². The van der Waals surface area contributed by atoms with Crippen LogP contribution in [0.5, 0.6) is 0 Å². The molecule has 2 aliphatic heterocycles. The van der Waals surface area contributed by atoms with Crippen molar-refractivity contribution in [1.29, 1.82) is 5.26 Å². The van der Waals surface area contributed by atoms with E-state index in [0.717, 1.165) is 24.0 Å². The quantitative estimate of drug-likeness (QED) is 0.566. The van der Waals surface area contributed by atoms with Gasteiger partial charge in [-0.15, -0.1) is 0 Å². The molecule has 1 saturated heterocycles. The second-order valence-corrected chi connectivity index (χ2v) is 4.78. The molecular formula is C13H17NO4. The Morgan fingerprint density at radius 2 is 2.11 bits per heavy atom. The van der Waals surface area contributed by atoms with E-state index in [1.54, 1.807) is 13.8 Å². The zero-order valence-corrected chi connectivity index (χ0v) is 10.6. The molecule has 2 rings (SSSR count). The van der Waals surface area contributed by atoms with Gasteiger partial charge in [0.1, 0.15) is 6.61 Å². The average molecular weight is 251 g/mol. The Labute approximate surface area is 106 Å². The van der Waals surface area contributed by atoms with E-state index < -0.39 is 6.16 Å². The minimum atomic E-state index is -0.670. The van der Waals surface area contributed by atoms with Crippen LogP contribution in [-0.2, 0) is 14.2 Å². The van der Waals surface area contributed by atoms with Crippen molar-refractivity contribution in [2.75, 3.05) is 6.61 Å². The van der Waals surface area contributed by atoms with E-state index in [0.29, 0.717) is 6.42 Å². The monoisotopic (exact) mass is 251 g/mol. The molecule has 98 valence electrons. The molecule has 0 aromatic rings. The van der Waals surface area contributed by atoms with E-state index in [-0.39, 0.29) is 24.9 Å². The summed E-state index contributed by atoms with van der Waals surface area (Å²) in [5, 5.41) is 8.80. The number of fused-ring (bicyclic) bond motifs is 2. The van der Waals surface area contributed by atoms with Gasteiger partial charge in [-0.2, -0.15) is 5.26 Å². The van der Waals surface area contributed by atoms with Crippen LogP contribution < -0.4 is 0 Å². The second-order valence-electron chi connectivity index (χ2n) is 4.78. The number of nitrogens with zero attached hydrogens (tertiary/aromatic N) is 1. The number of hydrogen-bond donors (Lipinski definition) is 0. The lowest BCUT2D eigenvalue weighted by Crippen LogP contribution is -2.19. The summed E-state index contributed by atoms with van der Waals surface area (Å²) in [6, 6.07) is 2.13. The van der Waals surface area contributed by atoms with Crippen molar-refractivity contribution in [3.8, 4) is 6.07 Å². The van der Waals surface area contributed by atoms with Crippen molar-refractivity contribution in [2.24, 2.45) is 0 Å². The Morgan fingerprint density at radius 1 is 1.44 bits per heavy atom. The maximum atomic E-state index is 11.3. The maximum absolute atomic E-state index is 11.3. The van der Waals surface area contributed by atoms with Gasteiger partial charge in [0.05, 0.1) is 30.8 Å². The Bertz CT molecular complexity index is 408. The third kappa shape index (κ3) is 2.65. The number of nitriles is 1. The smallest absolute Gasteiger partial charge is 0.432 e. The van der Waals surface area contributed by atoms with Gasteiger partial charge in [0.25, 0.3) is 0 Å². The minimum absolute atomic E-state index is 0.0187. The average Bonchev–Trinajstić information content (AvgIpc) is 2.87. The van der Waals surface area contributed by atoms with E-state index in [1.807, 2.05) is 0 Å². The molecule has 2 unspecified atom stereocenters. The normalized spacial score (nSPS) is 25.4. The lowest BCUT2D eigenvalue weighted by atomic mass is 9.90. The van der Waals surface area contributed by atoms with Gasteiger partial charge in [0, 0.05) is 0 Å². The highest BCUT2D eigenvalue weighted by Crippen LogP contribution is 2.40. The zero-order valence-electron chi connectivity index (χ0n) is 10.6. The Balaban J connectivity index is 1.95. The molecule has 5 heteroatoms. The fraction of sp³-hybridized carbons (Fsp3) is 0.692. The van der Waals surface area contributed by atoms with Crippen LogP contribution in [0.4, 0.5) is 4.79 Å². The number of ether oxygens (including phenoxy) is 3. The van der Waals surface area contributed by atoms with Gasteiger partial charge in [0.15, 0.2) is 0 Å². The van der Waals surface area contributed by atoms with Crippen LogP contribution in [0.2, 0.25) is 0 Å². The SMILES string of the molecule is CC(C)OC(=O)OCC1=C(CC#N)C2CCC1O2. The van der Waals surface area contributed by atoms with Gasteiger partial charge in [-0.05, 0) is 37.8 Å². The third-order valence-corrected chi connectivity index (χ3v) is 3.16. The standard InChI is InChI=1S/C13H17NO4/c1-8(2)17-13(15)16-7-10-9(5-6-14)11-3-4-12(10)18-11/h8,11-12H,3-5,7H2,1-2H3. The molecular weight excluding hydrogens is 234 g/mol. The fourth-order valence-electron chi connectivity index (χ4n) is 2.42. The van der Waals surface area contributed by atoms with Gasteiger partial charge < -0.3 is 14.2 Å². The zero-order chi connectivity index (χ0) is 13.1. The molecule has 0 aromatic carbocycles. The molecule has 2 atom stereocenters. The van der Waals surface area contributed by atoms with E-state index in [9.17, 15) is 4.79 Å². The van der Waals surface area contributed by atoms with Crippen LogP contribution in [0, 0.1) is 11.3 Å². The van der Waals surface area contributed by atoms with Crippen molar-refractivity contribution in [3.05, 3.63) is 11.1 Å². The number of rotatable bonds is 4. The molecule has 0 aromatic heterocycles. The molecule has 0 spiro atoms. The van der Waals surface area contributed by atoms with Crippen molar-refractivity contribution >= 4 is 6.16 Å². The van der Waals surface area contributed by atoms with Crippen molar-refractivity contribution in [3.63, 3.8) is 0 Å². The van der Waals surface area contributed by atoms with Crippen LogP contribution in [0.25, 0.3) is 0 Å². The third-order valence-electron chi connectivity index (χ3n) is 3.16. The van der Waals surface area contributed by atoms with Crippen LogP contribution >= 0.6 is 0 Å². The summed E-state index contributed by atoms with van der Waals surface area (Å²) < 4.78 is 15.7. The first-order valence-corrected chi connectivity index (χ1v) is 6.19. The van der Waals surface area contributed by atoms with Crippen LogP contribution in [0.15, 0.2) is 11.1 Å². The molecule has 2 heterocycles. The summed E-state index contributed by atoms with van der Waals surface area (Å²) in [6.45, 7) is 3.70. The molecule has 0 amide bonds. The summed E-state index contributed by atoms with van der Waals surface area (Å²) in [5.41, 5.74) is 1.94. The van der Waals surface area contributed by atoms with Crippen molar-refractivity contribution < 1.29 is 19.0 Å². The lowest BCUT2D eigenvalue weighted by Gasteiger charge is -2.15. The van der Waals surface area contributed by atoms with Gasteiger partial charge >= 0.3 is 6.16 Å². The predicted molar refractivity (Wildman–Crippen MR) is 62.7 cm³/mol. The molecule has 2 aliphatic rings. The summed E-state index contributed by atoms with van der Waals surface area (Å²) in [6.07, 6.45) is 1.45.